The Hall–Kier alpha value is -1.06. The average Bonchev–Trinajstić information content (AvgIpc) is 2.36. The third-order valence-corrected chi connectivity index (χ3v) is 3.66. The fourth-order valence-corrected chi connectivity index (χ4v) is 2.98. The molecule has 1 aliphatic heterocycles. The molecular weight excluding hydrogens is 272 g/mol. The lowest BCUT2D eigenvalue weighted by Crippen LogP contribution is -2.40. The van der Waals surface area contributed by atoms with E-state index in [1.165, 1.54) is 6.42 Å². The third kappa shape index (κ3) is 5.51. The molecule has 0 spiro atoms. The molecular formula is C16H25ClN2O. The van der Waals surface area contributed by atoms with Crippen LogP contribution in [0.1, 0.15) is 26.7 Å². The lowest BCUT2D eigenvalue weighted by atomic mass is 9.92. The van der Waals surface area contributed by atoms with Gasteiger partial charge in [-0.05, 0) is 30.4 Å². The molecule has 0 aromatic heterocycles. The number of carbonyl (C=O) groups excluding carboxylic acids is 1. The summed E-state index contributed by atoms with van der Waals surface area (Å²) >= 11 is 0. The topological polar surface area (TPSA) is 32.3 Å². The number of nitrogens with zero attached hydrogens (tertiary/aromatic N) is 1. The Balaban J connectivity index is 0.00000200. The summed E-state index contributed by atoms with van der Waals surface area (Å²) in [5.41, 5.74) is 0.882. The van der Waals surface area contributed by atoms with E-state index in [1.54, 1.807) is 0 Å². The first-order chi connectivity index (χ1) is 9.13. The normalized spacial score (nSPS) is 22.9. The van der Waals surface area contributed by atoms with Crippen LogP contribution < -0.4 is 5.32 Å². The van der Waals surface area contributed by atoms with Crippen molar-refractivity contribution >= 4 is 24.0 Å². The van der Waals surface area contributed by atoms with Crippen molar-refractivity contribution in [2.45, 2.75) is 26.7 Å². The molecule has 1 aromatic carbocycles. The number of piperidine rings is 1. The van der Waals surface area contributed by atoms with Crippen LogP contribution in [0.5, 0.6) is 0 Å². The van der Waals surface area contributed by atoms with Crippen molar-refractivity contribution in [3.8, 4) is 0 Å². The molecule has 2 rings (SSSR count). The first kappa shape index (κ1) is 17.0. The van der Waals surface area contributed by atoms with Crippen LogP contribution in [-0.2, 0) is 4.79 Å². The standard InChI is InChI=1S/C16H24N2O.ClH/c1-13-10-14(2)12-18(11-13)9-8-16(19)17-15-6-4-3-5-7-15;/h3-7,13-14H,8-12H2,1-2H3,(H,17,19);1H. The number of likely N-dealkylation sites (tertiary alicyclic amines) is 1. The highest BCUT2D eigenvalue weighted by atomic mass is 35.5. The summed E-state index contributed by atoms with van der Waals surface area (Å²) in [4.78, 5) is 14.3. The Morgan fingerprint density at radius 2 is 1.80 bits per heavy atom. The molecule has 2 atom stereocenters. The molecule has 20 heavy (non-hydrogen) atoms. The summed E-state index contributed by atoms with van der Waals surface area (Å²) in [6, 6.07) is 9.66. The minimum absolute atomic E-state index is 0. The minimum Gasteiger partial charge on any atom is -0.326 e. The fraction of sp³-hybridized carbons (Fsp3) is 0.562. The fourth-order valence-electron chi connectivity index (χ4n) is 2.98. The number of halogens is 1. The Labute approximate surface area is 128 Å². The molecule has 1 saturated heterocycles. The molecule has 3 nitrogen and oxygen atoms in total. The van der Waals surface area contributed by atoms with Gasteiger partial charge in [0.05, 0.1) is 0 Å². The van der Waals surface area contributed by atoms with E-state index in [2.05, 4.69) is 24.1 Å². The quantitative estimate of drug-likeness (QED) is 0.923. The number of para-hydroxylation sites is 1. The molecule has 1 amide bonds. The maximum atomic E-state index is 11.9. The minimum atomic E-state index is 0. The van der Waals surface area contributed by atoms with Crippen LogP contribution in [0.15, 0.2) is 30.3 Å². The van der Waals surface area contributed by atoms with Gasteiger partial charge >= 0.3 is 0 Å². The van der Waals surface area contributed by atoms with Gasteiger partial charge in [0.25, 0.3) is 0 Å². The molecule has 1 aliphatic rings. The molecule has 112 valence electrons. The number of hydrogen-bond acceptors (Lipinski definition) is 2. The van der Waals surface area contributed by atoms with E-state index in [9.17, 15) is 4.79 Å². The molecule has 1 heterocycles. The lowest BCUT2D eigenvalue weighted by molar-refractivity contribution is -0.116. The van der Waals surface area contributed by atoms with Crippen molar-refractivity contribution in [3.63, 3.8) is 0 Å². The number of rotatable bonds is 4. The van der Waals surface area contributed by atoms with Crippen molar-refractivity contribution in [3.05, 3.63) is 30.3 Å². The van der Waals surface area contributed by atoms with Gasteiger partial charge in [-0.15, -0.1) is 12.4 Å². The summed E-state index contributed by atoms with van der Waals surface area (Å²) in [6.07, 6.45) is 1.89. The van der Waals surface area contributed by atoms with Gasteiger partial charge in [-0.25, -0.2) is 0 Å². The first-order valence-corrected chi connectivity index (χ1v) is 7.20. The van der Waals surface area contributed by atoms with E-state index in [-0.39, 0.29) is 18.3 Å². The van der Waals surface area contributed by atoms with E-state index in [0.29, 0.717) is 6.42 Å². The largest absolute Gasteiger partial charge is 0.326 e. The third-order valence-electron chi connectivity index (χ3n) is 3.66. The lowest BCUT2D eigenvalue weighted by Gasteiger charge is -2.34. The first-order valence-electron chi connectivity index (χ1n) is 7.20. The molecule has 2 unspecified atom stereocenters. The van der Waals surface area contributed by atoms with Crippen molar-refractivity contribution < 1.29 is 4.79 Å². The summed E-state index contributed by atoms with van der Waals surface area (Å²) in [5, 5.41) is 2.94. The van der Waals surface area contributed by atoms with Crippen molar-refractivity contribution in [1.82, 2.24) is 4.90 Å². The second kappa shape index (κ2) is 8.28. The average molecular weight is 297 g/mol. The van der Waals surface area contributed by atoms with E-state index in [4.69, 9.17) is 0 Å². The Morgan fingerprint density at radius 1 is 1.20 bits per heavy atom. The zero-order chi connectivity index (χ0) is 13.7. The van der Waals surface area contributed by atoms with Crippen LogP contribution in [0.3, 0.4) is 0 Å². The number of benzene rings is 1. The smallest absolute Gasteiger partial charge is 0.225 e. The molecule has 0 bridgehead atoms. The Kier molecular flexibility index (Phi) is 7.03. The van der Waals surface area contributed by atoms with E-state index < -0.39 is 0 Å². The predicted octanol–water partition coefficient (Wildman–Crippen LogP) is 3.41. The molecule has 4 heteroatoms. The second-order valence-electron chi connectivity index (χ2n) is 5.87. The van der Waals surface area contributed by atoms with Crippen molar-refractivity contribution in [2.75, 3.05) is 25.0 Å². The van der Waals surface area contributed by atoms with Crippen molar-refractivity contribution in [1.29, 1.82) is 0 Å². The van der Waals surface area contributed by atoms with Crippen LogP contribution in [0.25, 0.3) is 0 Å². The van der Waals surface area contributed by atoms with Gasteiger partial charge in [0.1, 0.15) is 0 Å². The highest BCUT2D eigenvalue weighted by Crippen LogP contribution is 2.20. The van der Waals surface area contributed by atoms with Gasteiger partial charge in [0, 0.05) is 31.7 Å². The highest BCUT2D eigenvalue weighted by molar-refractivity contribution is 5.90. The van der Waals surface area contributed by atoms with E-state index in [0.717, 1.165) is 37.2 Å². The second-order valence-corrected chi connectivity index (χ2v) is 5.87. The number of hydrogen-bond donors (Lipinski definition) is 1. The van der Waals surface area contributed by atoms with Crippen LogP contribution in [0, 0.1) is 11.8 Å². The van der Waals surface area contributed by atoms with Crippen LogP contribution >= 0.6 is 12.4 Å². The Bertz CT molecular complexity index is 400. The van der Waals surface area contributed by atoms with Crippen LogP contribution in [0.2, 0.25) is 0 Å². The molecule has 1 fully saturated rings. The zero-order valence-electron chi connectivity index (χ0n) is 12.3. The van der Waals surface area contributed by atoms with Gasteiger partial charge in [-0.3, -0.25) is 4.79 Å². The number of amides is 1. The molecule has 1 aromatic rings. The summed E-state index contributed by atoms with van der Waals surface area (Å²) in [7, 11) is 0. The number of nitrogens with one attached hydrogen (secondary N) is 1. The van der Waals surface area contributed by atoms with Gasteiger partial charge < -0.3 is 10.2 Å². The van der Waals surface area contributed by atoms with E-state index >= 15 is 0 Å². The molecule has 1 N–H and O–H groups in total. The van der Waals surface area contributed by atoms with Crippen molar-refractivity contribution in [2.24, 2.45) is 11.8 Å². The number of carbonyl (C=O) groups is 1. The van der Waals surface area contributed by atoms with Gasteiger partial charge in [0.15, 0.2) is 0 Å². The number of anilines is 1. The summed E-state index contributed by atoms with van der Waals surface area (Å²) in [6.45, 7) is 7.72. The molecule has 0 radical (unpaired) electrons. The summed E-state index contributed by atoms with van der Waals surface area (Å²) < 4.78 is 0. The van der Waals surface area contributed by atoms with Crippen LogP contribution in [0.4, 0.5) is 5.69 Å². The maximum absolute atomic E-state index is 11.9. The molecule has 0 aliphatic carbocycles. The van der Waals surface area contributed by atoms with Crippen LogP contribution in [-0.4, -0.2) is 30.4 Å². The SMILES string of the molecule is CC1CC(C)CN(CCC(=O)Nc2ccccc2)C1.Cl. The molecule has 0 saturated carbocycles. The summed E-state index contributed by atoms with van der Waals surface area (Å²) in [5.74, 6) is 1.61. The van der Waals surface area contributed by atoms with E-state index in [1.807, 2.05) is 30.3 Å². The highest BCUT2D eigenvalue weighted by Gasteiger charge is 2.21. The van der Waals surface area contributed by atoms with Gasteiger partial charge in [-0.2, -0.15) is 0 Å². The van der Waals surface area contributed by atoms with Gasteiger partial charge in [-0.1, -0.05) is 32.0 Å². The Morgan fingerprint density at radius 3 is 2.40 bits per heavy atom. The van der Waals surface area contributed by atoms with Gasteiger partial charge in [0.2, 0.25) is 5.91 Å². The maximum Gasteiger partial charge on any atom is 0.225 e. The zero-order valence-corrected chi connectivity index (χ0v) is 13.2. The monoisotopic (exact) mass is 296 g/mol. The predicted molar refractivity (Wildman–Crippen MR) is 86.3 cm³/mol.